The molecule has 10 heteroatoms. The molecule has 0 fully saturated rings. The zero-order chi connectivity index (χ0) is 22.5. The largest absolute Gasteiger partial charge is 0.494 e. The Kier molecular flexibility index (Phi) is 6.20. The molecule has 32 heavy (non-hydrogen) atoms. The molecule has 0 bridgehead atoms. The summed E-state index contributed by atoms with van der Waals surface area (Å²) < 4.78 is 18.2. The molecule has 4 rings (SSSR count). The second-order valence-corrected chi connectivity index (χ2v) is 7.00. The van der Waals surface area contributed by atoms with Crippen LogP contribution in [-0.4, -0.2) is 46.9 Å². The number of rotatable bonds is 8. The van der Waals surface area contributed by atoms with Crippen LogP contribution in [-0.2, 0) is 9.59 Å². The highest BCUT2D eigenvalue weighted by Gasteiger charge is 2.28. The van der Waals surface area contributed by atoms with Crippen molar-refractivity contribution in [3.05, 3.63) is 54.4 Å². The number of nitrogens with zero attached hydrogens (tertiary/aromatic N) is 3. The minimum Gasteiger partial charge on any atom is -0.494 e. The van der Waals surface area contributed by atoms with Crippen molar-refractivity contribution in [2.45, 2.75) is 19.4 Å². The number of aromatic nitrogens is 3. The molecule has 1 aliphatic rings. The first-order chi connectivity index (χ1) is 15.6. The van der Waals surface area contributed by atoms with E-state index in [0.717, 1.165) is 11.3 Å². The van der Waals surface area contributed by atoms with Gasteiger partial charge in [-0.25, -0.2) is 4.68 Å². The van der Waals surface area contributed by atoms with Crippen molar-refractivity contribution in [3.8, 4) is 17.2 Å². The molecule has 0 saturated carbocycles. The first-order valence-electron chi connectivity index (χ1n) is 10.1. The van der Waals surface area contributed by atoms with Gasteiger partial charge in [0.15, 0.2) is 18.1 Å². The van der Waals surface area contributed by atoms with E-state index in [2.05, 4.69) is 20.7 Å². The average Bonchev–Trinajstić information content (AvgIpc) is 3.27. The quantitative estimate of drug-likeness (QED) is 0.556. The van der Waals surface area contributed by atoms with Gasteiger partial charge in [-0.1, -0.05) is 6.07 Å². The molecule has 0 saturated heterocycles. The molecule has 2 heterocycles. The molecule has 1 aromatic heterocycles. The Balaban J connectivity index is 1.41. The highest BCUT2D eigenvalue weighted by Crippen LogP contribution is 2.35. The van der Waals surface area contributed by atoms with E-state index in [1.54, 1.807) is 41.1 Å². The van der Waals surface area contributed by atoms with Crippen molar-refractivity contribution in [3.63, 3.8) is 0 Å². The molecule has 166 valence electrons. The van der Waals surface area contributed by atoms with Crippen LogP contribution < -0.4 is 24.8 Å². The molecule has 3 aromatic rings. The number of carbonyl (C=O) groups is 2. The van der Waals surface area contributed by atoms with Gasteiger partial charge in [0.05, 0.1) is 26.2 Å². The Hall–Kier alpha value is -4.08. The van der Waals surface area contributed by atoms with E-state index in [1.807, 2.05) is 13.0 Å². The van der Waals surface area contributed by atoms with E-state index in [4.69, 9.17) is 14.2 Å². The lowest BCUT2D eigenvalue weighted by Crippen LogP contribution is -2.29. The van der Waals surface area contributed by atoms with Crippen LogP contribution in [0.5, 0.6) is 17.2 Å². The molecule has 2 N–H and O–H groups in total. The van der Waals surface area contributed by atoms with E-state index >= 15 is 0 Å². The normalized spacial score (nSPS) is 14.8. The zero-order valence-corrected chi connectivity index (χ0v) is 17.7. The molecule has 0 aliphatic carbocycles. The molecule has 1 unspecified atom stereocenters. The lowest BCUT2D eigenvalue weighted by atomic mass is 10.0. The Labute approximate surface area is 184 Å². The summed E-state index contributed by atoms with van der Waals surface area (Å²) in [6, 6.07) is 12.1. The summed E-state index contributed by atoms with van der Waals surface area (Å²) in [4.78, 5) is 28.3. The Bertz CT molecular complexity index is 1110. The average molecular weight is 437 g/mol. The van der Waals surface area contributed by atoms with E-state index in [9.17, 15) is 9.59 Å². The van der Waals surface area contributed by atoms with Gasteiger partial charge in [0.1, 0.15) is 12.1 Å². The van der Waals surface area contributed by atoms with Gasteiger partial charge in [-0.2, -0.15) is 10.1 Å². The molecule has 1 aliphatic heterocycles. The van der Waals surface area contributed by atoms with E-state index in [0.29, 0.717) is 29.7 Å². The Morgan fingerprint density at radius 3 is 2.75 bits per heavy atom. The summed E-state index contributed by atoms with van der Waals surface area (Å²) in [6.45, 7) is 2.29. The number of methoxy groups -OCH3 is 1. The zero-order valence-electron chi connectivity index (χ0n) is 17.7. The number of amides is 2. The summed E-state index contributed by atoms with van der Waals surface area (Å²) in [5.41, 5.74) is 1.46. The fourth-order valence-corrected chi connectivity index (χ4v) is 3.42. The SMILES string of the molecule is CCOc1ccc(NC(=O)COc2ccc(C3CC(=O)Nc4ncnn43)cc2OC)cc1. The predicted molar refractivity (Wildman–Crippen MR) is 116 cm³/mol. The monoisotopic (exact) mass is 437 g/mol. The highest BCUT2D eigenvalue weighted by atomic mass is 16.5. The maximum Gasteiger partial charge on any atom is 0.262 e. The number of hydrogen-bond acceptors (Lipinski definition) is 7. The van der Waals surface area contributed by atoms with Crippen LogP contribution in [0.4, 0.5) is 11.6 Å². The second kappa shape index (κ2) is 9.38. The molecule has 2 amide bonds. The molecule has 10 nitrogen and oxygen atoms in total. The smallest absolute Gasteiger partial charge is 0.262 e. The van der Waals surface area contributed by atoms with Crippen LogP contribution in [0.15, 0.2) is 48.8 Å². The molecule has 2 aromatic carbocycles. The van der Waals surface area contributed by atoms with Gasteiger partial charge in [0, 0.05) is 5.69 Å². The third-order valence-electron chi connectivity index (χ3n) is 4.88. The summed E-state index contributed by atoms with van der Waals surface area (Å²) >= 11 is 0. The van der Waals surface area contributed by atoms with Crippen LogP contribution in [0.2, 0.25) is 0 Å². The first kappa shape index (κ1) is 21.2. The van der Waals surface area contributed by atoms with Crippen molar-refractivity contribution in [2.24, 2.45) is 0 Å². The lowest BCUT2D eigenvalue weighted by Gasteiger charge is -2.24. The Morgan fingerprint density at radius 1 is 1.19 bits per heavy atom. The minimum absolute atomic E-state index is 0.138. The van der Waals surface area contributed by atoms with E-state index in [1.165, 1.54) is 13.4 Å². The maximum atomic E-state index is 12.3. The van der Waals surface area contributed by atoms with Gasteiger partial charge >= 0.3 is 0 Å². The van der Waals surface area contributed by atoms with Gasteiger partial charge in [0.2, 0.25) is 11.9 Å². The summed E-state index contributed by atoms with van der Waals surface area (Å²) in [5.74, 6) is 1.55. The van der Waals surface area contributed by atoms with Crippen molar-refractivity contribution < 1.29 is 23.8 Å². The number of ether oxygens (including phenoxy) is 3. The van der Waals surface area contributed by atoms with E-state index in [-0.39, 0.29) is 30.9 Å². The molecular weight excluding hydrogens is 414 g/mol. The third kappa shape index (κ3) is 4.64. The summed E-state index contributed by atoms with van der Waals surface area (Å²) in [5, 5.41) is 9.66. The molecule has 1 atom stereocenters. The molecule has 0 spiro atoms. The number of anilines is 2. The van der Waals surface area contributed by atoms with Gasteiger partial charge in [-0.3, -0.25) is 14.9 Å². The fraction of sp³-hybridized carbons (Fsp3) is 0.273. The lowest BCUT2D eigenvalue weighted by molar-refractivity contribution is -0.118. The molecule has 0 radical (unpaired) electrons. The minimum atomic E-state index is -0.313. The van der Waals surface area contributed by atoms with Crippen molar-refractivity contribution in [1.82, 2.24) is 14.8 Å². The van der Waals surface area contributed by atoms with Crippen LogP contribution in [0.25, 0.3) is 0 Å². The highest BCUT2D eigenvalue weighted by molar-refractivity contribution is 5.92. The van der Waals surface area contributed by atoms with Gasteiger partial charge in [0.25, 0.3) is 5.91 Å². The van der Waals surface area contributed by atoms with Crippen molar-refractivity contribution in [1.29, 1.82) is 0 Å². The van der Waals surface area contributed by atoms with Crippen molar-refractivity contribution in [2.75, 3.05) is 31.0 Å². The number of nitrogens with one attached hydrogen (secondary N) is 2. The standard InChI is InChI=1S/C22H23N5O5/c1-3-31-16-7-5-15(6-8-16)25-21(29)12-32-18-9-4-14(10-19(18)30-2)17-11-20(28)26-22-23-13-24-27(17)22/h4-10,13,17H,3,11-12H2,1-2H3,(H,25,29)(H,23,24,26,28). The number of hydrogen-bond donors (Lipinski definition) is 2. The van der Waals surface area contributed by atoms with Crippen LogP contribution in [0, 0.1) is 0 Å². The van der Waals surface area contributed by atoms with Gasteiger partial charge in [-0.15, -0.1) is 0 Å². The fourth-order valence-electron chi connectivity index (χ4n) is 3.42. The summed E-state index contributed by atoms with van der Waals surface area (Å²) in [7, 11) is 1.51. The summed E-state index contributed by atoms with van der Waals surface area (Å²) in [6.07, 6.45) is 1.62. The van der Waals surface area contributed by atoms with Crippen LogP contribution >= 0.6 is 0 Å². The number of carbonyl (C=O) groups excluding carboxylic acids is 2. The van der Waals surface area contributed by atoms with Crippen LogP contribution in [0.3, 0.4) is 0 Å². The van der Waals surface area contributed by atoms with Crippen molar-refractivity contribution >= 4 is 23.5 Å². The Morgan fingerprint density at radius 2 is 2.00 bits per heavy atom. The first-order valence-corrected chi connectivity index (χ1v) is 10.1. The number of fused-ring (bicyclic) bond motifs is 1. The van der Waals surface area contributed by atoms with Gasteiger partial charge < -0.3 is 19.5 Å². The third-order valence-corrected chi connectivity index (χ3v) is 4.88. The topological polar surface area (TPSA) is 117 Å². The maximum absolute atomic E-state index is 12.3. The van der Waals surface area contributed by atoms with E-state index < -0.39 is 0 Å². The van der Waals surface area contributed by atoms with Crippen LogP contribution in [0.1, 0.15) is 24.9 Å². The second-order valence-electron chi connectivity index (χ2n) is 7.00. The molecular formula is C22H23N5O5. The predicted octanol–water partition coefficient (Wildman–Crippen LogP) is 2.63. The van der Waals surface area contributed by atoms with Gasteiger partial charge in [-0.05, 0) is 48.9 Å². The number of benzene rings is 2.